The molecular formula is C9H7S. The second kappa shape index (κ2) is 2.10. The van der Waals surface area contributed by atoms with Crippen LogP contribution >= 0.6 is 11.3 Å². The SMILES string of the molecule is Cc1c[c]cc2sccc12. The van der Waals surface area contributed by atoms with Gasteiger partial charge in [0.05, 0.1) is 0 Å². The Hall–Kier alpha value is -0.820. The van der Waals surface area contributed by atoms with Crippen molar-refractivity contribution in [1.82, 2.24) is 0 Å². The van der Waals surface area contributed by atoms with E-state index >= 15 is 0 Å². The van der Waals surface area contributed by atoms with Gasteiger partial charge in [0, 0.05) is 4.70 Å². The zero-order valence-corrected chi connectivity index (χ0v) is 6.53. The monoisotopic (exact) mass is 147 g/mol. The molecule has 0 N–H and O–H groups in total. The molecule has 0 spiro atoms. The fraction of sp³-hybridized carbons (Fsp3) is 0.111. The summed E-state index contributed by atoms with van der Waals surface area (Å²) >= 11 is 1.77. The van der Waals surface area contributed by atoms with Crippen molar-refractivity contribution in [2.24, 2.45) is 0 Å². The van der Waals surface area contributed by atoms with Crippen LogP contribution in [0.25, 0.3) is 10.1 Å². The Balaban J connectivity index is 2.95. The largest absolute Gasteiger partial charge is 0.144 e. The van der Waals surface area contributed by atoms with Crippen LogP contribution in [0.3, 0.4) is 0 Å². The quantitative estimate of drug-likeness (QED) is 0.537. The molecule has 1 heteroatoms. The highest BCUT2D eigenvalue weighted by atomic mass is 32.1. The van der Waals surface area contributed by atoms with Crippen LogP contribution in [-0.4, -0.2) is 0 Å². The molecule has 0 aliphatic heterocycles. The topological polar surface area (TPSA) is 0 Å². The van der Waals surface area contributed by atoms with Crippen LogP contribution in [0.15, 0.2) is 23.6 Å². The molecule has 1 radical (unpaired) electrons. The molecule has 0 saturated carbocycles. The van der Waals surface area contributed by atoms with Crippen LogP contribution in [0.5, 0.6) is 0 Å². The summed E-state index contributed by atoms with van der Waals surface area (Å²) in [6, 6.07) is 9.31. The fourth-order valence-corrected chi connectivity index (χ4v) is 1.92. The van der Waals surface area contributed by atoms with E-state index in [1.807, 2.05) is 12.1 Å². The predicted molar refractivity (Wildman–Crippen MR) is 45.4 cm³/mol. The average Bonchev–Trinajstić information content (AvgIpc) is 2.36. The summed E-state index contributed by atoms with van der Waals surface area (Å²) < 4.78 is 1.33. The molecule has 2 rings (SSSR count). The van der Waals surface area contributed by atoms with E-state index < -0.39 is 0 Å². The highest BCUT2D eigenvalue weighted by Crippen LogP contribution is 2.22. The van der Waals surface area contributed by atoms with Gasteiger partial charge in [-0.05, 0) is 41.5 Å². The van der Waals surface area contributed by atoms with E-state index in [1.54, 1.807) is 11.3 Å². The maximum Gasteiger partial charge on any atom is 0.0351 e. The minimum Gasteiger partial charge on any atom is -0.144 e. The van der Waals surface area contributed by atoms with Crippen LogP contribution < -0.4 is 0 Å². The Morgan fingerprint density at radius 1 is 1.40 bits per heavy atom. The van der Waals surface area contributed by atoms with Gasteiger partial charge in [0.1, 0.15) is 0 Å². The van der Waals surface area contributed by atoms with Gasteiger partial charge >= 0.3 is 0 Å². The van der Waals surface area contributed by atoms with E-state index in [0.717, 1.165) is 0 Å². The third kappa shape index (κ3) is 0.745. The van der Waals surface area contributed by atoms with E-state index in [0.29, 0.717) is 0 Å². The minimum atomic E-state index is 1.32. The fourth-order valence-electron chi connectivity index (χ4n) is 1.08. The van der Waals surface area contributed by atoms with Crippen molar-refractivity contribution in [3.05, 3.63) is 35.2 Å². The first-order valence-corrected chi connectivity index (χ1v) is 4.10. The first kappa shape index (κ1) is 5.93. The van der Waals surface area contributed by atoms with Gasteiger partial charge in [-0.2, -0.15) is 0 Å². The van der Waals surface area contributed by atoms with E-state index in [-0.39, 0.29) is 0 Å². The lowest BCUT2D eigenvalue weighted by Crippen LogP contribution is -1.69. The lowest BCUT2D eigenvalue weighted by molar-refractivity contribution is 1.54. The zero-order valence-electron chi connectivity index (χ0n) is 5.72. The molecule has 0 nitrogen and oxygen atoms in total. The third-order valence-electron chi connectivity index (χ3n) is 1.63. The Morgan fingerprint density at radius 3 is 3.10 bits per heavy atom. The highest BCUT2D eigenvalue weighted by molar-refractivity contribution is 7.17. The molecule has 0 bridgehead atoms. The van der Waals surface area contributed by atoms with Crippen LogP contribution in [0.4, 0.5) is 0 Å². The molecule has 49 valence electrons. The molecule has 1 aromatic carbocycles. The smallest absolute Gasteiger partial charge is 0.0351 e. The van der Waals surface area contributed by atoms with Crippen molar-refractivity contribution in [2.75, 3.05) is 0 Å². The van der Waals surface area contributed by atoms with Gasteiger partial charge in [-0.15, -0.1) is 11.3 Å². The molecule has 0 saturated heterocycles. The zero-order chi connectivity index (χ0) is 6.97. The molecule has 1 heterocycles. The van der Waals surface area contributed by atoms with E-state index in [1.165, 1.54) is 15.6 Å². The maximum atomic E-state index is 3.10. The average molecular weight is 147 g/mol. The highest BCUT2D eigenvalue weighted by Gasteiger charge is 1.94. The summed E-state index contributed by atoms with van der Waals surface area (Å²) in [6.45, 7) is 2.12. The van der Waals surface area contributed by atoms with Crippen LogP contribution in [0.1, 0.15) is 5.56 Å². The predicted octanol–water partition coefficient (Wildman–Crippen LogP) is 3.01. The number of benzene rings is 1. The van der Waals surface area contributed by atoms with Crippen molar-refractivity contribution in [2.45, 2.75) is 6.92 Å². The molecule has 0 aliphatic carbocycles. The van der Waals surface area contributed by atoms with Crippen molar-refractivity contribution in [1.29, 1.82) is 0 Å². The number of rotatable bonds is 0. The molecule has 2 aromatic rings. The number of thiophene rings is 1. The number of hydrogen-bond acceptors (Lipinski definition) is 1. The van der Waals surface area contributed by atoms with Gasteiger partial charge < -0.3 is 0 Å². The van der Waals surface area contributed by atoms with Crippen molar-refractivity contribution in [3.63, 3.8) is 0 Å². The van der Waals surface area contributed by atoms with E-state index in [2.05, 4.69) is 24.4 Å². The molecular weight excluding hydrogens is 140 g/mol. The summed E-state index contributed by atoms with van der Waals surface area (Å²) in [5, 5.41) is 3.48. The third-order valence-corrected chi connectivity index (χ3v) is 2.50. The molecule has 0 atom stereocenters. The first-order chi connectivity index (χ1) is 4.88. The van der Waals surface area contributed by atoms with Gasteiger partial charge in [0.25, 0.3) is 0 Å². The molecule has 0 amide bonds. The Morgan fingerprint density at radius 2 is 2.30 bits per heavy atom. The number of hydrogen-bond donors (Lipinski definition) is 0. The minimum absolute atomic E-state index is 1.32. The summed E-state index contributed by atoms with van der Waals surface area (Å²) in [4.78, 5) is 0. The van der Waals surface area contributed by atoms with Crippen molar-refractivity contribution in [3.8, 4) is 0 Å². The standard InChI is InChI=1S/C9H7S/c1-7-3-2-4-9-8(7)5-6-10-9/h3-6H,1H3. The Kier molecular flexibility index (Phi) is 1.24. The van der Waals surface area contributed by atoms with E-state index in [4.69, 9.17) is 0 Å². The first-order valence-electron chi connectivity index (χ1n) is 3.22. The summed E-state index contributed by atoms with van der Waals surface area (Å²) in [5.74, 6) is 0. The molecule has 1 aromatic heterocycles. The maximum absolute atomic E-state index is 3.10. The molecule has 10 heavy (non-hydrogen) atoms. The number of aryl methyl sites for hydroxylation is 1. The lowest BCUT2D eigenvalue weighted by atomic mass is 10.2. The molecule has 0 unspecified atom stereocenters. The van der Waals surface area contributed by atoms with Gasteiger partial charge in [-0.25, -0.2) is 0 Å². The Labute approximate surface area is 64.1 Å². The normalized spacial score (nSPS) is 10.5. The Bertz CT molecular complexity index is 346. The second-order valence-corrected chi connectivity index (χ2v) is 3.28. The molecule has 0 aliphatic rings. The van der Waals surface area contributed by atoms with Gasteiger partial charge in [-0.3, -0.25) is 0 Å². The van der Waals surface area contributed by atoms with Crippen LogP contribution in [0.2, 0.25) is 0 Å². The van der Waals surface area contributed by atoms with E-state index in [9.17, 15) is 0 Å². The lowest BCUT2D eigenvalue weighted by Gasteiger charge is -1.91. The molecule has 0 fully saturated rings. The summed E-state index contributed by atoms with van der Waals surface area (Å²) in [7, 11) is 0. The van der Waals surface area contributed by atoms with Crippen LogP contribution in [-0.2, 0) is 0 Å². The van der Waals surface area contributed by atoms with Crippen molar-refractivity contribution < 1.29 is 0 Å². The van der Waals surface area contributed by atoms with Crippen LogP contribution in [0, 0.1) is 13.0 Å². The number of fused-ring (bicyclic) bond motifs is 1. The van der Waals surface area contributed by atoms with Gasteiger partial charge in [0.15, 0.2) is 0 Å². The summed E-state index contributed by atoms with van der Waals surface area (Å²) in [5.41, 5.74) is 1.32. The van der Waals surface area contributed by atoms with Crippen molar-refractivity contribution >= 4 is 21.4 Å². The van der Waals surface area contributed by atoms with Gasteiger partial charge in [0.2, 0.25) is 0 Å². The second-order valence-electron chi connectivity index (χ2n) is 2.34. The van der Waals surface area contributed by atoms with Gasteiger partial charge in [-0.1, -0.05) is 6.07 Å². The summed E-state index contributed by atoms with van der Waals surface area (Å²) in [6.07, 6.45) is 0.